The summed E-state index contributed by atoms with van der Waals surface area (Å²) in [6.45, 7) is 2.72. The number of nitrogens with one attached hydrogen (secondary N) is 2. The van der Waals surface area contributed by atoms with Gasteiger partial charge in [-0.05, 0) is 37.5 Å². The fourth-order valence-corrected chi connectivity index (χ4v) is 3.69. The highest BCUT2D eigenvalue weighted by Gasteiger charge is 2.16. The van der Waals surface area contributed by atoms with Gasteiger partial charge in [-0.2, -0.15) is 0 Å². The molecule has 168 valence electrons. The van der Waals surface area contributed by atoms with Crippen LogP contribution in [0.5, 0.6) is 11.5 Å². The molecule has 0 saturated heterocycles. The molecule has 2 aromatic rings. The number of H-pyrrole nitrogens is 1. The molecule has 1 heterocycles. The third kappa shape index (κ3) is 6.54. The van der Waals surface area contributed by atoms with E-state index in [0.717, 1.165) is 38.5 Å². The number of unbranched alkanes of at least 4 members (excludes halogenated alkanes) is 1. The SMILES string of the molecule is CCCCOc1ccc(-c2nnc(CCC(=O)NC3CCCCC3)c(=O)[nH]2)cc1OC. The van der Waals surface area contributed by atoms with E-state index in [-0.39, 0.29) is 36.0 Å². The first-order valence-electron chi connectivity index (χ1n) is 11.2. The van der Waals surface area contributed by atoms with Gasteiger partial charge < -0.3 is 19.8 Å². The van der Waals surface area contributed by atoms with Crippen molar-refractivity contribution < 1.29 is 14.3 Å². The van der Waals surface area contributed by atoms with Crippen LogP contribution in [0.2, 0.25) is 0 Å². The number of aromatic nitrogens is 3. The van der Waals surface area contributed by atoms with Crippen LogP contribution in [0.4, 0.5) is 0 Å². The van der Waals surface area contributed by atoms with Crippen LogP contribution in [-0.4, -0.2) is 40.8 Å². The molecule has 1 aliphatic carbocycles. The number of carbonyl (C=O) groups excluding carboxylic acids is 1. The molecule has 0 radical (unpaired) electrons. The monoisotopic (exact) mass is 428 g/mol. The van der Waals surface area contributed by atoms with E-state index in [9.17, 15) is 9.59 Å². The minimum absolute atomic E-state index is 0.0411. The molecule has 1 aromatic heterocycles. The highest BCUT2D eigenvalue weighted by Crippen LogP contribution is 2.31. The normalized spacial score (nSPS) is 14.3. The van der Waals surface area contributed by atoms with E-state index < -0.39 is 0 Å². The average molecular weight is 429 g/mol. The molecule has 1 aromatic carbocycles. The van der Waals surface area contributed by atoms with Gasteiger partial charge in [-0.3, -0.25) is 9.59 Å². The number of carbonyl (C=O) groups is 1. The van der Waals surface area contributed by atoms with Crippen LogP contribution in [0.1, 0.15) is 64.0 Å². The zero-order valence-corrected chi connectivity index (χ0v) is 18.4. The Bertz CT molecular complexity index is 922. The number of amides is 1. The van der Waals surface area contributed by atoms with Crippen molar-refractivity contribution in [1.82, 2.24) is 20.5 Å². The van der Waals surface area contributed by atoms with Gasteiger partial charge in [-0.15, -0.1) is 10.2 Å². The number of aryl methyl sites for hydroxylation is 1. The predicted molar refractivity (Wildman–Crippen MR) is 118 cm³/mol. The van der Waals surface area contributed by atoms with Gasteiger partial charge in [0.05, 0.1) is 13.7 Å². The molecule has 0 aliphatic heterocycles. The van der Waals surface area contributed by atoms with Crippen LogP contribution in [0.3, 0.4) is 0 Å². The van der Waals surface area contributed by atoms with E-state index in [1.165, 1.54) is 6.42 Å². The smallest absolute Gasteiger partial charge is 0.273 e. The van der Waals surface area contributed by atoms with Crippen LogP contribution in [0, 0.1) is 0 Å². The van der Waals surface area contributed by atoms with E-state index in [1.54, 1.807) is 25.3 Å². The van der Waals surface area contributed by atoms with Crippen molar-refractivity contribution in [3.63, 3.8) is 0 Å². The molecule has 0 atom stereocenters. The molecular formula is C23H32N4O4. The zero-order chi connectivity index (χ0) is 22.1. The maximum absolute atomic E-state index is 12.5. The first-order chi connectivity index (χ1) is 15.1. The lowest BCUT2D eigenvalue weighted by Crippen LogP contribution is -2.36. The molecule has 0 unspecified atom stereocenters. The molecule has 1 fully saturated rings. The minimum Gasteiger partial charge on any atom is -0.493 e. The van der Waals surface area contributed by atoms with Crippen molar-refractivity contribution in [3.05, 3.63) is 34.2 Å². The van der Waals surface area contributed by atoms with Crippen LogP contribution in [0.25, 0.3) is 11.4 Å². The van der Waals surface area contributed by atoms with E-state index in [2.05, 4.69) is 27.4 Å². The van der Waals surface area contributed by atoms with E-state index in [0.29, 0.717) is 29.5 Å². The molecule has 1 aliphatic rings. The van der Waals surface area contributed by atoms with Crippen LogP contribution < -0.4 is 20.3 Å². The van der Waals surface area contributed by atoms with Gasteiger partial charge in [0.25, 0.3) is 5.56 Å². The quantitative estimate of drug-likeness (QED) is 0.562. The largest absolute Gasteiger partial charge is 0.493 e. The summed E-state index contributed by atoms with van der Waals surface area (Å²) in [6.07, 6.45) is 8.13. The summed E-state index contributed by atoms with van der Waals surface area (Å²) in [5.41, 5.74) is 0.595. The second-order valence-electron chi connectivity index (χ2n) is 7.92. The zero-order valence-electron chi connectivity index (χ0n) is 18.4. The second kappa shape index (κ2) is 11.5. The Hall–Kier alpha value is -2.90. The summed E-state index contributed by atoms with van der Waals surface area (Å²) in [6, 6.07) is 5.63. The first kappa shape index (κ1) is 22.8. The van der Waals surface area contributed by atoms with Crippen LogP contribution >= 0.6 is 0 Å². The third-order valence-corrected chi connectivity index (χ3v) is 5.52. The Balaban J connectivity index is 1.62. The predicted octanol–water partition coefficient (Wildman–Crippen LogP) is 3.40. The lowest BCUT2D eigenvalue weighted by atomic mass is 9.95. The van der Waals surface area contributed by atoms with Crippen LogP contribution in [-0.2, 0) is 11.2 Å². The molecule has 2 N–H and O–H groups in total. The fraction of sp³-hybridized carbons (Fsp3) is 0.565. The number of hydrogen-bond acceptors (Lipinski definition) is 6. The Morgan fingerprint density at radius 1 is 1.19 bits per heavy atom. The molecule has 0 spiro atoms. The van der Waals surface area contributed by atoms with Crippen molar-refractivity contribution in [2.45, 2.75) is 70.8 Å². The van der Waals surface area contributed by atoms with Crippen molar-refractivity contribution >= 4 is 5.91 Å². The number of methoxy groups -OCH3 is 1. The van der Waals surface area contributed by atoms with Crippen molar-refractivity contribution in [2.24, 2.45) is 0 Å². The number of aromatic amines is 1. The molecule has 0 bridgehead atoms. The summed E-state index contributed by atoms with van der Waals surface area (Å²) in [4.78, 5) is 27.4. The Morgan fingerprint density at radius 3 is 2.71 bits per heavy atom. The Labute approximate surface area is 182 Å². The van der Waals surface area contributed by atoms with Gasteiger partial charge in [-0.25, -0.2) is 0 Å². The van der Waals surface area contributed by atoms with Crippen molar-refractivity contribution in [3.8, 4) is 22.9 Å². The van der Waals surface area contributed by atoms with Gasteiger partial charge in [0, 0.05) is 24.4 Å². The van der Waals surface area contributed by atoms with E-state index in [4.69, 9.17) is 9.47 Å². The summed E-state index contributed by atoms with van der Waals surface area (Å²) in [5.74, 6) is 1.52. The summed E-state index contributed by atoms with van der Waals surface area (Å²) in [7, 11) is 1.57. The fourth-order valence-electron chi connectivity index (χ4n) is 3.69. The lowest BCUT2D eigenvalue weighted by molar-refractivity contribution is -0.122. The first-order valence-corrected chi connectivity index (χ1v) is 11.2. The van der Waals surface area contributed by atoms with Crippen LogP contribution in [0.15, 0.2) is 23.0 Å². The summed E-state index contributed by atoms with van der Waals surface area (Å²) >= 11 is 0. The lowest BCUT2D eigenvalue weighted by Gasteiger charge is -2.22. The molecule has 8 nitrogen and oxygen atoms in total. The highest BCUT2D eigenvalue weighted by molar-refractivity contribution is 5.76. The Morgan fingerprint density at radius 2 is 2.00 bits per heavy atom. The second-order valence-corrected chi connectivity index (χ2v) is 7.92. The van der Waals surface area contributed by atoms with E-state index in [1.807, 2.05) is 0 Å². The molecule has 31 heavy (non-hydrogen) atoms. The molecule has 8 heteroatoms. The number of ether oxygens (including phenoxy) is 2. The van der Waals surface area contributed by atoms with Crippen molar-refractivity contribution in [1.29, 1.82) is 0 Å². The number of benzene rings is 1. The maximum atomic E-state index is 12.5. The summed E-state index contributed by atoms with van der Waals surface area (Å²) < 4.78 is 11.1. The average Bonchev–Trinajstić information content (AvgIpc) is 2.79. The molecule has 3 rings (SSSR count). The number of rotatable bonds is 10. The molecular weight excluding hydrogens is 396 g/mol. The standard InChI is InChI=1S/C23H32N4O4/c1-3-4-14-31-19-12-10-16(15-20(19)30-2)22-25-23(29)18(26-27-22)11-13-21(28)24-17-8-6-5-7-9-17/h10,12,15,17H,3-9,11,13-14H2,1-2H3,(H,24,28)(H,25,27,29). The number of nitrogens with zero attached hydrogens (tertiary/aromatic N) is 2. The van der Waals surface area contributed by atoms with Gasteiger partial charge in [0.1, 0.15) is 5.69 Å². The van der Waals surface area contributed by atoms with E-state index >= 15 is 0 Å². The van der Waals surface area contributed by atoms with Crippen molar-refractivity contribution in [2.75, 3.05) is 13.7 Å². The molecule has 1 saturated carbocycles. The van der Waals surface area contributed by atoms with Gasteiger partial charge >= 0.3 is 0 Å². The van der Waals surface area contributed by atoms with Gasteiger partial charge in [0.2, 0.25) is 5.91 Å². The third-order valence-electron chi connectivity index (χ3n) is 5.52. The summed E-state index contributed by atoms with van der Waals surface area (Å²) in [5, 5.41) is 11.3. The maximum Gasteiger partial charge on any atom is 0.273 e. The topological polar surface area (TPSA) is 106 Å². The molecule has 1 amide bonds. The minimum atomic E-state index is -0.335. The van der Waals surface area contributed by atoms with Gasteiger partial charge in [-0.1, -0.05) is 32.6 Å². The number of hydrogen-bond donors (Lipinski definition) is 2. The highest BCUT2D eigenvalue weighted by atomic mass is 16.5. The van der Waals surface area contributed by atoms with Gasteiger partial charge in [0.15, 0.2) is 17.3 Å². The Kier molecular flexibility index (Phi) is 8.44.